The lowest BCUT2D eigenvalue weighted by Gasteiger charge is -2.39. The van der Waals surface area contributed by atoms with Gasteiger partial charge in [-0.05, 0) is 33.6 Å². The molecule has 0 saturated heterocycles. The van der Waals surface area contributed by atoms with E-state index in [1.165, 1.54) is 0 Å². The van der Waals surface area contributed by atoms with Crippen molar-refractivity contribution in [2.24, 2.45) is 0 Å². The van der Waals surface area contributed by atoms with Crippen molar-refractivity contribution in [3.8, 4) is 0 Å². The molecule has 27 heavy (non-hydrogen) atoms. The molecule has 0 fully saturated rings. The maximum absolute atomic E-state index is 11.7. The summed E-state index contributed by atoms with van der Waals surface area (Å²) in [5, 5.41) is 57.7. The molecule has 0 aromatic carbocycles. The van der Waals surface area contributed by atoms with Crippen molar-refractivity contribution >= 4 is 17.9 Å². The number of carbonyl (C=O) groups is 3. The van der Waals surface area contributed by atoms with Gasteiger partial charge in [0, 0.05) is 13.0 Å². The molecule has 0 heterocycles. The van der Waals surface area contributed by atoms with Gasteiger partial charge in [-0.15, -0.1) is 0 Å². The smallest absolute Gasteiger partial charge is 0.420 e. The fraction of sp³-hybridized carbons (Fsp3) is 0.800. The van der Waals surface area contributed by atoms with Gasteiger partial charge < -0.3 is 44.8 Å². The summed E-state index contributed by atoms with van der Waals surface area (Å²) in [5.41, 5.74) is 0. The zero-order valence-electron chi connectivity index (χ0n) is 15.2. The first-order valence-electron chi connectivity index (χ1n) is 8.08. The molecule has 0 aliphatic heterocycles. The highest BCUT2D eigenvalue weighted by Gasteiger charge is 2.61. The fourth-order valence-electron chi connectivity index (χ4n) is 1.63. The van der Waals surface area contributed by atoms with Crippen LogP contribution in [0.25, 0.3) is 0 Å². The lowest BCUT2D eigenvalue weighted by molar-refractivity contribution is -0.447. The summed E-state index contributed by atoms with van der Waals surface area (Å²) in [6, 6.07) is 0. The number of hydrogen-bond donors (Lipinski definition) is 6. The Labute approximate surface area is 154 Å². The Bertz CT molecular complexity index is 493. The van der Waals surface area contributed by atoms with E-state index in [1.54, 1.807) is 0 Å². The van der Waals surface area contributed by atoms with Gasteiger partial charge in [0.25, 0.3) is 0 Å². The molecule has 0 bridgehead atoms. The Kier molecular flexibility index (Phi) is 9.78. The Morgan fingerprint density at radius 3 is 1.48 bits per heavy atom. The molecule has 0 radical (unpaired) electrons. The standard InChI is InChI=1S/C15H26O12/c1-8(17)11(20)25-14(23,6-4-5-7-16)15(24,26-12(21)9(2)18)27-13(22)10(3)19/h8-10,16-19,23-24H,4-7H2,1-3H3. The average molecular weight is 398 g/mol. The lowest BCUT2D eigenvalue weighted by Crippen LogP contribution is -2.63. The molecule has 12 heteroatoms. The Morgan fingerprint density at radius 2 is 1.15 bits per heavy atom. The van der Waals surface area contributed by atoms with E-state index in [-0.39, 0.29) is 19.4 Å². The van der Waals surface area contributed by atoms with Crippen molar-refractivity contribution in [1.29, 1.82) is 0 Å². The minimum absolute atomic E-state index is 0.0410. The zero-order valence-corrected chi connectivity index (χ0v) is 15.2. The van der Waals surface area contributed by atoms with Crippen LogP contribution in [0.1, 0.15) is 40.0 Å². The highest BCUT2D eigenvalue weighted by Crippen LogP contribution is 2.33. The first-order valence-corrected chi connectivity index (χ1v) is 8.08. The molecular weight excluding hydrogens is 372 g/mol. The second-order valence-electron chi connectivity index (χ2n) is 5.84. The quantitative estimate of drug-likeness (QED) is 0.119. The number of ether oxygens (including phenoxy) is 3. The van der Waals surface area contributed by atoms with Gasteiger partial charge in [-0.3, -0.25) is 0 Å². The SMILES string of the molecule is CC(O)C(=O)OC(O)(CCCCO)C(O)(OC(=O)C(C)O)OC(=O)C(C)O. The molecule has 0 aliphatic rings. The lowest BCUT2D eigenvalue weighted by atomic mass is 10.1. The molecule has 0 aromatic heterocycles. The van der Waals surface area contributed by atoms with Gasteiger partial charge >= 0.3 is 29.7 Å². The minimum atomic E-state index is -3.67. The van der Waals surface area contributed by atoms with Gasteiger partial charge in [0.2, 0.25) is 0 Å². The maximum atomic E-state index is 11.7. The van der Waals surface area contributed by atoms with Crippen LogP contribution in [0.3, 0.4) is 0 Å². The number of aliphatic hydroxyl groups excluding tert-OH is 4. The van der Waals surface area contributed by atoms with Crippen molar-refractivity contribution in [2.45, 2.75) is 70.1 Å². The molecule has 4 atom stereocenters. The van der Waals surface area contributed by atoms with Crippen molar-refractivity contribution in [3.05, 3.63) is 0 Å². The third-order valence-corrected chi connectivity index (χ3v) is 3.19. The summed E-state index contributed by atoms with van der Waals surface area (Å²) in [5.74, 6) is -11.5. The van der Waals surface area contributed by atoms with Crippen LogP contribution in [0.5, 0.6) is 0 Å². The van der Waals surface area contributed by atoms with Crippen LogP contribution in [-0.4, -0.2) is 85.2 Å². The molecule has 0 spiro atoms. The normalized spacial score (nSPS) is 19.0. The number of esters is 3. The summed E-state index contributed by atoms with van der Waals surface area (Å²) < 4.78 is 13.5. The monoisotopic (exact) mass is 398 g/mol. The third-order valence-electron chi connectivity index (χ3n) is 3.19. The first-order chi connectivity index (χ1) is 12.3. The van der Waals surface area contributed by atoms with Crippen LogP contribution in [0.2, 0.25) is 0 Å². The van der Waals surface area contributed by atoms with Crippen LogP contribution < -0.4 is 0 Å². The van der Waals surface area contributed by atoms with Crippen molar-refractivity contribution in [1.82, 2.24) is 0 Å². The number of carbonyl (C=O) groups excluding carboxylic acids is 3. The number of aliphatic hydroxyl groups is 6. The predicted octanol–water partition coefficient (Wildman–Crippen LogP) is -2.74. The number of hydrogen-bond acceptors (Lipinski definition) is 12. The summed E-state index contributed by atoms with van der Waals surface area (Å²) in [6.07, 6.45) is -6.26. The van der Waals surface area contributed by atoms with E-state index < -0.39 is 54.4 Å². The molecule has 0 amide bonds. The summed E-state index contributed by atoms with van der Waals surface area (Å²) >= 11 is 0. The average Bonchev–Trinajstić information content (AvgIpc) is 2.54. The number of unbranched alkanes of at least 4 members (excludes halogenated alkanes) is 1. The predicted molar refractivity (Wildman–Crippen MR) is 84.2 cm³/mol. The van der Waals surface area contributed by atoms with E-state index in [4.69, 9.17) is 5.11 Å². The molecular formula is C15H26O12. The molecule has 0 rings (SSSR count). The first kappa shape index (κ1) is 25.2. The van der Waals surface area contributed by atoms with E-state index in [9.17, 15) is 39.9 Å². The highest BCUT2D eigenvalue weighted by atomic mass is 16.9. The van der Waals surface area contributed by atoms with Gasteiger partial charge in [0.05, 0.1) is 0 Å². The van der Waals surface area contributed by atoms with Gasteiger partial charge in [-0.25, -0.2) is 14.4 Å². The summed E-state index contributed by atoms with van der Waals surface area (Å²) in [4.78, 5) is 35.1. The fourth-order valence-corrected chi connectivity index (χ4v) is 1.63. The molecule has 158 valence electrons. The second kappa shape index (κ2) is 10.5. The largest absolute Gasteiger partial charge is 0.443 e. The summed E-state index contributed by atoms with van der Waals surface area (Å²) in [6.45, 7) is 2.50. The zero-order chi connectivity index (χ0) is 21.4. The molecule has 0 aliphatic carbocycles. The topological polar surface area (TPSA) is 200 Å². The van der Waals surface area contributed by atoms with Crippen LogP contribution in [-0.2, 0) is 28.6 Å². The van der Waals surface area contributed by atoms with Crippen molar-refractivity contribution in [2.75, 3.05) is 6.61 Å². The van der Waals surface area contributed by atoms with Gasteiger partial charge in [-0.2, -0.15) is 0 Å². The van der Waals surface area contributed by atoms with Crippen LogP contribution in [0.15, 0.2) is 0 Å². The highest BCUT2D eigenvalue weighted by molar-refractivity contribution is 5.77. The third kappa shape index (κ3) is 7.36. The van der Waals surface area contributed by atoms with Gasteiger partial charge in [0.15, 0.2) is 0 Å². The van der Waals surface area contributed by atoms with Crippen LogP contribution in [0.4, 0.5) is 0 Å². The van der Waals surface area contributed by atoms with Crippen LogP contribution >= 0.6 is 0 Å². The van der Waals surface area contributed by atoms with E-state index in [0.717, 1.165) is 20.8 Å². The molecule has 0 aromatic rings. The molecule has 0 saturated carbocycles. The molecule has 12 nitrogen and oxygen atoms in total. The van der Waals surface area contributed by atoms with Crippen LogP contribution in [0, 0.1) is 0 Å². The Balaban J connectivity index is 5.99. The van der Waals surface area contributed by atoms with E-state index in [0.29, 0.717) is 0 Å². The summed E-state index contributed by atoms with van der Waals surface area (Å²) in [7, 11) is 0. The minimum Gasteiger partial charge on any atom is -0.420 e. The van der Waals surface area contributed by atoms with Crippen molar-refractivity contribution in [3.63, 3.8) is 0 Å². The van der Waals surface area contributed by atoms with E-state index >= 15 is 0 Å². The molecule has 4 unspecified atom stereocenters. The van der Waals surface area contributed by atoms with Gasteiger partial charge in [-0.1, -0.05) is 0 Å². The number of rotatable bonds is 11. The van der Waals surface area contributed by atoms with E-state index in [1.807, 2.05) is 0 Å². The second-order valence-corrected chi connectivity index (χ2v) is 5.84. The maximum Gasteiger partial charge on any atom is 0.443 e. The van der Waals surface area contributed by atoms with Gasteiger partial charge in [0.1, 0.15) is 18.3 Å². The molecule has 6 N–H and O–H groups in total. The Morgan fingerprint density at radius 1 is 0.778 bits per heavy atom. The van der Waals surface area contributed by atoms with E-state index in [2.05, 4.69) is 14.2 Å². The Hall–Kier alpha value is -1.83. The van der Waals surface area contributed by atoms with Crippen molar-refractivity contribution < 1.29 is 59.2 Å².